The number of ether oxygens (including phenoxy) is 1. The van der Waals surface area contributed by atoms with Gasteiger partial charge in [-0.15, -0.1) is 0 Å². The number of benzene rings is 1. The number of hydrogen-bond acceptors (Lipinski definition) is 6. The molecule has 1 aromatic carbocycles. The van der Waals surface area contributed by atoms with Gasteiger partial charge in [0.25, 0.3) is 5.91 Å². The third-order valence-electron chi connectivity index (χ3n) is 4.16. The quantitative estimate of drug-likeness (QED) is 0.828. The second kappa shape index (κ2) is 7.36. The van der Waals surface area contributed by atoms with E-state index in [1.165, 1.54) is 15.6 Å². The Bertz CT molecular complexity index is 869. The number of hydrogen-bond donors (Lipinski definition) is 1. The maximum Gasteiger partial charge on any atom is 0.255 e. The van der Waals surface area contributed by atoms with Gasteiger partial charge < -0.3 is 4.74 Å². The minimum atomic E-state index is -3.51. The minimum absolute atomic E-state index is 0.201. The largest absolute Gasteiger partial charge is 0.368 e. The van der Waals surface area contributed by atoms with Crippen LogP contribution in [0.1, 0.15) is 26.7 Å². The van der Waals surface area contributed by atoms with Crippen LogP contribution in [0.2, 0.25) is 0 Å². The summed E-state index contributed by atoms with van der Waals surface area (Å²) < 4.78 is 32.7. The van der Waals surface area contributed by atoms with E-state index in [9.17, 15) is 13.2 Å². The van der Waals surface area contributed by atoms with Gasteiger partial charge in [-0.25, -0.2) is 13.4 Å². The molecule has 0 saturated carbocycles. The Morgan fingerprint density at radius 3 is 2.80 bits per heavy atom. The molecule has 25 heavy (non-hydrogen) atoms. The van der Waals surface area contributed by atoms with Crippen molar-refractivity contribution in [2.24, 2.45) is 0 Å². The summed E-state index contributed by atoms with van der Waals surface area (Å²) in [6.45, 7) is 5.06. The molecule has 1 aromatic heterocycles. The second-order valence-corrected chi connectivity index (χ2v) is 8.70. The molecule has 136 valence electrons. The zero-order chi connectivity index (χ0) is 18.0. The van der Waals surface area contributed by atoms with Crippen LogP contribution in [0, 0.1) is 0 Å². The lowest BCUT2D eigenvalue weighted by atomic mass is 10.2. The molecule has 7 nitrogen and oxygen atoms in total. The molecule has 9 heteroatoms. The second-order valence-electron chi connectivity index (χ2n) is 5.73. The predicted molar refractivity (Wildman–Crippen MR) is 97.3 cm³/mol. The van der Waals surface area contributed by atoms with Gasteiger partial charge >= 0.3 is 0 Å². The number of rotatable bonds is 6. The Balaban J connectivity index is 1.85. The first-order valence-corrected chi connectivity index (χ1v) is 10.5. The van der Waals surface area contributed by atoms with Crippen molar-refractivity contribution in [2.45, 2.75) is 37.7 Å². The van der Waals surface area contributed by atoms with Crippen molar-refractivity contribution < 1.29 is 17.9 Å². The van der Waals surface area contributed by atoms with Crippen LogP contribution in [0.3, 0.4) is 0 Å². The molecular formula is C16H21N3O4S2. The Morgan fingerprint density at radius 1 is 1.40 bits per heavy atom. The van der Waals surface area contributed by atoms with Crippen LogP contribution in [0.25, 0.3) is 10.2 Å². The van der Waals surface area contributed by atoms with Gasteiger partial charge in [-0.2, -0.15) is 4.31 Å². The molecule has 1 saturated heterocycles. The summed E-state index contributed by atoms with van der Waals surface area (Å²) in [7, 11) is -3.51. The molecule has 0 unspecified atom stereocenters. The van der Waals surface area contributed by atoms with E-state index in [0.717, 1.165) is 11.1 Å². The lowest BCUT2D eigenvalue weighted by Crippen LogP contribution is -2.30. The van der Waals surface area contributed by atoms with Crippen LogP contribution >= 0.6 is 11.3 Å². The maximum absolute atomic E-state index is 12.6. The van der Waals surface area contributed by atoms with Gasteiger partial charge in [-0.3, -0.25) is 10.1 Å². The maximum atomic E-state index is 12.6. The fourth-order valence-corrected chi connectivity index (χ4v) is 5.27. The first-order valence-electron chi connectivity index (χ1n) is 8.29. The van der Waals surface area contributed by atoms with Crippen molar-refractivity contribution in [1.29, 1.82) is 0 Å². The number of sulfonamides is 1. The number of aromatic nitrogens is 1. The summed E-state index contributed by atoms with van der Waals surface area (Å²) >= 11 is 1.26. The summed E-state index contributed by atoms with van der Waals surface area (Å²) in [5, 5.41) is 3.21. The topological polar surface area (TPSA) is 88.6 Å². The zero-order valence-corrected chi connectivity index (χ0v) is 15.8. The van der Waals surface area contributed by atoms with Crippen molar-refractivity contribution in [3.63, 3.8) is 0 Å². The van der Waals surface area contributed by atoms with E-state index in [1.807, 2.05) is 13.8 Å². The average Bonchev–Trinajstić information content (AvgIpc) is 3.24. The summed E-state index contributed by atoms with van der Waals surface area (Å²) in [5.74, 6) is -0.201. The predicted octanol–water partition coefficient (Wildman–Crippen LogP) is 2.44. The average molecular weight is 383 g/mol. The summed E-state index contributed by atoms with van der Waals surface area (Å²) in [5.41, 5.74) is 0.658. The van der Waals surface area contributed by atoms with Gasteiger partial charge in [-0.1, -0.05) is 25.2 Å². The van der Waals surface area contributed by atoms with Crippen LogP contribution in [-0.2, 0) is 19.6 Å². The molecule has 0 aliphatic carbocycles. The molecular weight excluding hydrogens is 362 g/mol. The highest BCUT2D eigenvalue weighted by Gasteiger charge is 2.25. The molecule has 3 rings (SSSR count). The number of amides is 1. The number of thiazole rings is 1. The highest BCUT2D eigenvalue weighted by Crippen LogP contribution is 2.29. The van der Waals surface area contributed by atoms with E-state index in [-0.39, 0.29) is 10.8 Å². The van der Waals surface area contributed by atoms with Crippen LogP contribution in [0.15, 0.2) is 23.1 Å². The molecule has 1 N–H and O–H groups in total. The molecule has 2 aromatic rings. The minimum Gasteiger partial charge on any atom is -0.368 e. The third-order valence-corrected chi connectivity index (χ3v) is 7.13. The Hall–Kier alpha value is -1.55. The Kier molecular flexibility index (Phi) is 5.38. The van der Waals surface area contributed by atoms with Gasteiger partial charge in [0.15, 0.2) is 5.13 Å². The van der Waals surface area contributed by atoms with Crippen molar-refractivity contribution in [1.82, 2.24) is 9.29 Å². The van der Waals surface area contributed by atoms with Gasteiger partial charge in [0.05, 0.1) is 15.1 Å². The molecule has 2 heterocycles. The normalized spacial score (nSPS) is 18.1. The number of nitrogens with one attached hydrogen (secondary N) is 1. The van der Waals surface area contributed by atoms with E-state index in [4.69, 9.17) is 4.74 Å². The van der Waals surface area contributed by atoms with Crippen molar-refractivity contribution in [2.75, 3.05) is 25.0 Å². The van der Waals surface area contributed by atoms with E-state index < -0.39 is 16.1 Å². The van der Waals surface area contributed by atoms with Gasteiger partial charge in [-0.05, 0) is 31.0 Å². The highest BCUT2D eigenvalue weighted by atomic mass is 32.2. The molecule has 0 bridgehead atoms. The monoisotopic (exact) mass is 383 g/mol. The molecule has 0 radical (unpaired) electrons. The fourth-order valence-electron chi connectivity index (χ4n) is 2.80. The smallest absolute Gasteiger partial charge is 0.255 e. The summed E-state index contributed by atoms with van der Waals surface area (Å²) in [6.07, 6.45) is 1.17. The number of carbonyl (C=O) groups is 1. The fraction of sp³-hybridized carbons (Fsp3) is 0.500. The molecule has 1 aliphatic heterocycles. The Morgan fingerprint density at radius 2 is 2.16 bits per heavy atom. The summed E-state index contributed by atoms with van der Waals surface area (Å²) in [4.78, 5) is 16.7. The van der Waals surface area contributed by atoms with E-state index >= 15 is 0 Å². The molecule has 1 fully saturated rings. The number of nitrogens with zero attached hydrogens (tertiary/aromatic N) is 2. The standard InChI is InChI=1S/C16H21N3O4S2/c1-3-19(4-2)25(21,22)11-7-8-12-14(10-11)24-16(17-12)18-15(20)13-6-5-9-23-13/h7-8,10,13H,3-6,9H2,1-2H3,(H,17,18,20)/t13-/m0/s1. The van der Waals surface area contributed by atoms with Crippen LogP contribution in [0.5, 0.6) is 0 Å². The molecule has 1 atom stereocenters. The summed E-state index contributed by atoms with van der Waals surface area (Å²) in [6, 6.07) is 4.84. The van der Waals surface area contributed by atoms with Crippen LogP contribution in [-0.4, -0.2) is 49.4 Å². The number of carbonyl (C=O) groups excluding carboxylic acids is 1. The molecule has 0 spiro atoms. The number of fused-ring (bicyclic) bond motifs is 1. The van der Waals surface area contributed by atoms with Crippen molar-refractivity contribution in [3.8, 4) is 0 Å². The van der Waals surface area contributed by atoms with E-state index in [1.54, 1.807) is 18.2 Å². The molecule has 1 amide bonds. The lowest BCUT2D eigenvalue weighted by molar-refractivity contribution is -0.124. The lowest BCUT2D eigenvalue weighted by Gasteiger charge is -2.18. The van der Waals surface area contributed by atoms with Crippen molar-refractivity contribution >= 4 is 42.6 Å². The van der Waals surface area contributed by atoms with Crippen LogP contribution < -0.4 is 5.32 Å². The molecule has 1 aliphatic rings. The zero-order valence-electron chi connectivity index (χ0n) is 14.2. The van der Waals surface area contributed by atoms with E-state index in [2.05, 4.69) is 10.3 Å². The van der Waals surface area contributed by atoms with Gasteiger partial charge in [0.2, 0.25) is 10.0 Å². The van der Waals surface area contributed by atoms with Crippen molar-refractivity contribution in [3.05, 3.63) is 18.2 Å². The third kappa shape index (κ3) is 3.69. The number of anilines is 1. The first-order chi connectivity index (χ1) is 12.0. The van der Waals surface area contributed by atoms with Crippen LogP contribution in [0.4, 0.5) is 5.13 Å². The highest BCUT2D eigenvalue weighted by molar-refractivity contribution is 7.89. The first kappa shape index (κ1) is 18.2. The van der Waals surface area contributed by atoms with Gasteiger partial charge in [0, 0.05) is 19.7 Å². The van der Waals surface area contributed by atoms with Gasteiger partial charge in [0.1, 0.15) is 6.10 Å². The Labute approximate surface area is 151 Å². The SMILES string of the molecule is CCN(CC)S(=O)(=O)c1ccc2nc(NC(=O)[C@@H]3CCCO3)sc2c1. The van der Waals surface area contributed by atoms with E-state index in [0.29, 0.717) is 36.8 Å².